The molecule has 0 bridgehead atoms. The molecule has 0 saturated carbocycles. The molecule has 4 N–H and O–H groups in total. The van der Waals surface area contributed by atoms with Crippen molar-refractivity contribution in [3.63, 3.8) is 0 Å². The second-order valence-electron chi connectivity index (χ2n) is 3.96. The number of amides is 1. The van der Waals surface area contributed by atoms with E-state index in [2.05, 4.69) is 15.9 Å². The summed E-state index contributed by atoms with van der Waals surface area (Å²) in [5.74, 6) is 5.41. The van der Waals surface area contributed by atoms with Gasteiger partial charge in [0.2, 0.25) is 5.88 Å². The maximum atomic E-state index is 11.9. The second-order valence-corrected chi connectivity index (χ2v) is 3.96. The van der Waals surface area contributed by atoms with E-state index in [0.717, 1.165) is 11.3 Å². The number of nitrogens with zero attached hydrogens (tertiary/aromatic N) is 1. The largest absolute Gasteiger partial charge is 0.338 e. The summed E-state index contributed by atoms with van der Waals surface area (Å²) in [5, 5.41) is 6.32. The minimum absolute atomic E-state index is 0.252. The molecule has 0 aliphatic heterocycles. The van der Waals surface area contributed by atoms with Gasteiger partial charge in [-0.15, -0.1) is 0 Å². The second kappa shape index (κ2) is 4.89. The van der Waals surface area contributed by atoms with Crippen LogP contribution in [0, 0.1) is 13.8 Å². The summed E-state index contributed by atoms with van der Waals surface area (Å²) in [5.41, 5.74) is 5.46. The van der Waals surface area contributed by atoms with Gasteiger partial charge in [-0.2, -0.15) is 0 Å². The lowest BCUT2D eigenvalue weighted by molar-refractivity contribution is 0.102. The molecular weight excluding hydrogens is 232 g/mol. The van der Waals surface area contributed by atoms with Crippen LogP contribution in [0.5, 0.6) is 0 Å². The number of nitrogens with one attached hydrogen (secondary N) is 2. The number of anilines is 2. The fraction of sp³-hybridized carbons (Fsp3) is 0.167. The molecular formula is C12H14N4O2. The van der Waals surface area contributed by atoms with E-state index in [0.29, 0.717) is 17.1 Å². The first-order valence-electron chi connectivity index (χ1n) is 5.42. The summed E-state index contributed by atoms with van der Waals surface area (Å²) in [7, 11) is 0. The van der Waals surface area contributed by atoms with Crippen molar-refractivity contribution < 1.29 is 9.32 Å². The van der Waals surface area contributed by atoms with Gasteiger partial charge in [-0.3, -0.25) is 16.0 Å². The van der Waals surface area contributed by atoms with Crippen LogP contribution in [0.25, 0.3) is 0 Å². The first-order valence-corrected chi connectivity index (χ1v) is 5.42. The molecule has 18 heavy (non-hydrogen) atoms. The van der Waals surface area contributed by atoms with Crippen LogP contribution in [0.2, 0.25) is 0 Å². The van der Waals surface area contributed by atoms with E-state index in [1.165, 1.54) is 0 Å². The van der Waals surface area contributed by atoms with Crippen LogP contribution in [0.4, 0.5) is 11.6 Å². The molecule has 0 fully saturated rings. The number of aryl methyl sites for hydroxylation is 2. The summed E-state index contributed by atoms with van der Waals surface area (Å²) in [6.07, 6.45) is 0. The Kier molecular flexibility index (Phi) is 3.29. The normalized spacial score (nSPS) is 10.2. The van der Waals surface area contributed by atoms with E-state index in [1.807, 2.05) is 6.92 Å². The zero-order chi connectivity index (χ0) is 13.1. The SMILES string of the molecule is Cc1cc(NC(=O)c2ccc(NN)c(C)c2)on1. The molecule has 0 atom stereocenters. The van der Waals surface area contributed by atoms with Crippen molar-refractivity contribution in [2.24, 2.45) is 5.84 Å². The predicted molar refractivity (Wildman–Crippen MR) is 68.2 cm³/mol. The zero-order valence-electron chi connectivity index (χ0n) is 10.2. The lowest BCUT2D eigenvalue weighted by atomic mass is 10.1. The average molecular weight is 246 g/mol. The van der Waals surface area contributed by atoms with Crippen LogP contribution in [0.1, 0.15) is 21.6 Å². The number of carbonyl (C=O) groups is 1. The number of carbonyl (C=O) groups excluding carboxylic acids is 1. The Bertz CT molecular complexity index is 577. The molecule has 0 aliphatic carbocycles. The molecule has 0 unspecified atom stereocenters. The van der Waals surface area contributed by atoms with E-state index in [1.54, 1.807) is 31.2 Å². The van der Waals surface area contributed by atoms with Gasteiger partial charge in [-0.1, -0.05) is 5.16 Å². The molecule has 0 aliphatic rings. The number of rotatable bonds is 3. The number of hydrogen-bond acceptors (Lipinski definition) is 5. The van der Waals surface area contributed by atoms with E-state index in [9.17, 15) is 4.79 Å². The number of aromatic nitrogens is 1. The minimum Gasteiger partial charge on any atom is -0.338 e. The van der Waals surface area contributed by atoms with Gasteiger partial charge in [-0.25, -0.2) is 0 Å². The number of hydrogen-bond donors (Lipinski definition) is 3. The Morgan fingerprint density at radius 1 is 1.33 bits per heavy atom. The van der Waals surface area contributed by atoms with Crippen molar-refractivity contribution in [2.75, 3.05) is 10.7 Å². The molecule has 6 heteroatoms. The van der Waals surface area contributed by atoms with Crippen molar-refractivity contribution in [3.05, 3.63) is 41.1 Å². The summed E-state index contributed by atoms with van der Waals surface area (Å²) in [4.78, 5) is 11.9. The van der Waals surface area contributed by atoms with Gasteiger partial charge >= 0.3 is 0 Å². The molecule has 1 aromatic carbocycles. The molecule has 1 aromatic heterocycles. The van der Waals surface area contributed by atoms with Gasteiger partial charge in [0, 0.05) is 11.6 Å². The quantitative estimate of drug-likeness (QED) is 0.567. The molecule has 6 nitrogen and oxygen atoms in total. The third-order valence-electron chi connectivity index (χ3n) is 2.51. The van der Waals surface area contributed by atoms with E-state index >= 15 is 0 Å². The van der Waals surface area contributed by atoms with Crippen molar-refractivity contribution >= 4 is 17.5 Å². The van der Waals surface area contributed by atoms with E-state index < -0.39 is 0 Å². The van der Waals surface area contributed by atoms with Crippen LogP contribution in [0.15, 0.2) is 28.8 Å². The van der Waals surface area contributed by atoms with Crippen LogP contribution in [-0.2, 0) is 0 Å². The first-order chi connectivity index (χ1) is 8.60. The summed E-state index contributed by atoms with van der Waals surface area (Å²) >= 11 is 0. The molecule has 1 heterocycles. The molecule has 0 saturated heterocycles. The van der Waals surface area contributed by atoms with Gasteiger partial charge < -0.3 is 9.95 Å². The zero-order valence-corrected chi connectivity index (χ0v) is 10.2. The Balaban J connectivity index is 2.16. The number of nitrogens with two attached hydrogens (primary N) is 1. The van der Waals surface area contributed by atoms with E-state index in [-0.39, 0.29) is 5.91 Å². The highest BCUT2D eigenvalue weighted by atomic mass is 16.5. The molecule has 2 rings (SSSR count). The number of nitrogen functional groups attached to an aromatic ring is 1. The maximum Gasteiger partial charge on any atom is 0.258 e. The molecule has 0 radical (unpaired) electrons. The average Bonchev–Trinajstić information content (AvgIpc) is 2.74. The maximum absolute atomic E-state index is 11.9. The van der Waals surface area contributed by atoms with Crippen LogP contribution >= 0.6 is 0 Å². The Hall–Kier alpha value is -2.34. The van der Waals surface area contributed by atoms with Crippen LogP contribution < -0.4 is 16.6 Å². The summed E-state index contributed by atoms with van der Waals surface area (Å²) in [6.45, 7) is 3.65. The topological polar surface area (TPSA) is 93.2 Å². The van der Waals surface area contributed by atoms with Crippen LogP contribution in [-0.4, -0.2) is 11.1 Å². The molecule has 2 aromatic rings. The Labute approximate surface area is 104 Å². The van der Waals surface area contributed by atoms with Gasteiger partial charge in [0.1, 0.15) is 0 Å². The molecule has 1 amide bonds. The highest BCUT2D eigenvalue weighted by molar-refractivity contribution is 6.03. The smallest absolute Gasteiger partial charge is 0.258 e. The van der Waals surface area contributed by atoms with Crippen molar-refractivity contribution in [1.82, 2.24) is 5.16 Å². The highest BCUT2D eigenvalue weighted by Crippen LogP contribution is 2.17. The van der Waals surface area contributed by atoms with Crippen molar-refractivity contribution in [3.8, 4) is 0 Å². The lowest BCUT2D eigenvalue weighted by Gasteiger charge is -2.07. The Morgan fingerprint density at radius 3 is 2.67 bits per heavy atom. The first kappa shape index (κ1) is 12.1. The third kappa shape index (κ3) is 2.49. The fourth-order valence-electron chi connectivity index (χ4n) is 1.57. The van der Waals surface area contributed by atoms with Gasteiger partial charge in [0.05, 0.1) is 11.4 Å². The van der Waals surface area contributed by atoms with Crippen molar-refractivity contribution in [2.45, 2.75) is 13.8 Å². The molecule has 94 valence electrons. The van der Waals surface area contributed by atoms with Gasteiger partial charge in [0.25, 0.3) is 5.91 Å². The third-order valence-corrected chi connectivity index (χ3v) is 2.51. The standard InChI is InChI=1S/C12H14N4O2/c1-7-5-9(3-4-10(7)15-13)12(17)14-11-6-8(2)16-18-11/h3-6,15H,13H2,1-2H3,(H,14,17). The summed E-state index contributed by atoms with van der Waals surface area (Å²) < 4.78 is 4.92. The number of hydrazine groups is 1. The van der Waals surface area contributed by atoms with Gasteiger partial charge in [-0.05, 0) is 37.6 Å². The van der Waals surface area contributed by atoms with Crippen molar-refractivity contribution in [1.29, 1.82) is 0 Å². The summed E-state index contributed by atoms with van der Waals surface area (Å²) in [6, 6.07) is 6.82. The lowest BCUT2D eigenvalue weighted by Crippen LogP contribution is -2.13. The number of benzene rings is 1. The Morgan fingerprint density at radius 2 is 2.11 bits per heavy atom. The predicted octanol–water partition coefficient (Wildman–Crippen LogP) is 1.83. The highest BCUT2D eigenvalue weighted by Gasteiger charge is 2.10. The van der Waals surface area contributed by atoms with E-state index in [4.69, 9.17) is 10.4 Å². The molecule has 0 spiro atoms. The van der Waals surface area contributed by atoms with Gasteiger partial charge in [0.15, 0.2) is 0 Å². The minimum atomic E-state index is -0.252. The van der Waals surface area contributed by atoms with Crippen LogP contribution in [0.3, 0.4) is 0 Å². The fourth-order valence-corrected chi connectivity index (χ4v) is 1.57. The monoisotopic (exact) mass is 246 g/mol.